The Morgan fingerprint density at radius 1 is 0.955 bits per heavy atom. The van der Waals surface area contributed by atoms with Crippen molar-refractivity contribution in [3.05, 3.63) is 41.5 Å². The van der Waals surface area contributed by atoms with Gasteiger partial charge in [-0.15, -0.1) is 0 Å². The van der Waals surface area contributed by atoms with Crippen molar-refractivity contribution < 1.29 is 30.4 Å². The Morgan fingerprint density at radius 2 is 1.73 bits per heavy atom. The summed E-state index contributed by atoms with van der Waals surface area (Å²) in [6.07, 6.45) is -0.699. The van der Waals surface area contributed by atoms with Gasteiger partial charge >= 0.3 is 0 Å². The van der Waals surface area contributed by atoms with Crippen LogP contribution >= 0.6 is 0 Å². The standard InChI is InChI=1S/C15H13NO6/c17-8-4-12(19)9-6-10(16-21)15(22-14(9)5-8)7-1-2-11(18)13(20)3-7/h1-5,15,17-21H,6H2/t15-/m1/s1. The molecule has 2 aromatic carbocycles. The number of phenolic OH excluding ortho intramolecular Hbond substituents is 4. The van der Waals surface area contributed by atoms with Crippen molar-refractivity contribution in [2.24, 2.45) is 5.16 Å². The van der Waals surface area contributed by atoms with Gasteiger partial charge in [-0.1, -0.05) is 11.2 Å². The van der Waals surface area contributed by atoms with Crippen molar-refractivity contribution in [2.75, 3.05) is 0 Å². The van der Waals surface area contributed by atoms with Crippen LogP contribution in [0.25, 0.3) is 0 Å². The number of rotatable bonds is 1. The van der Waals surface area contributed by atoms with Gasteiger partial charge in [0.2, 0.25) is 0 Å². The average Bonchev–Trinajstić information content (AvgIpc) is 2.48. The number of oxime groups is 1. The summed E-state index contributed by atoms with van der Waals surface area (Å²) in [5.74, 6) is -0.681. The van der Waals surface area contributed by atoms with E-state index in [9.17, 15) is 25.6 Å². The zero-order valence-electron chi connectivity index (χ0n) is 11.3. The Kier molecular flexibility index (Phi) is 3.17. The predicted molar refractivity (Wildman–Crippen MR) is 75.8 cm³/mol. The van der Waals surface area contributed by atoms with Crippen molar-refractivity contribution in [1.29, 1.82) is 0 Å². The minimum absolute atomic E-state index is 0.115. The molecule has 1 aliphatic heterocycles. The van der Waals surface area contributed by atoms with Gasteiger partial charge in [-0.2, -0.15) is 0 Å². The number of fused-ring (bicyclic) bond motifs is 1. The third-order valence-electron chi connectivity index (χ3n) is 3.51. The molecule has 5 N–H and O–H groups in total. The van der Waals surface area contributed by atoms with Gasteiger partial charge in [0, 0.05) is 29.7 Å². The van der Waals surface area contributed by atoms with Crippen molar-refractivity contribution in [3.63, 3.8) is 0 Å². The molecule has 2 aromatic rings. The van der Waals surface area contributed by atoms with E-state index in [1.165, 1.54) is 30.3 Å². The van der Waals surface area contributed by atoms with Crippen LogP contribution < -0.4 is 4.74 Å². The monoisotopic (exact) mass is 303 g/mol. The minimum atomic E-state index is -0.815. The maximum Gasteiger partial charge on any atom is 0.166 e. The highest BCUT2D eigenvalue weighted by molar-refractivity contribution is 5.94. The molecule has 0 bridgehead atoms. The lowest BCUT2D eigenvalue weighted by Crippen LogP contribution is -2.26. The molecule has 3 rings (SSSR count). The fraction of sp³-hybridized carbons (Fsp3) is 0.133. The van der Waals surface area contributed by atoms with Gasteiger partial charge in [-0.25, -0.2) is 0 Å². The van der Waals surface area contributed by atoms with Crippen LogP contribution in [0.15, 0.2) is 35.5 Å². The Labute approximate surface area is 125 Å². The van der Waals surface area contributed by atoms with E-state index in [0.29, 0.717) is 11.1 Å². The zero-order chi connectivity index (χ0) is 15.9. The maximum atomic E-state index is 9.84. The molecular formula is C15H13NO6. The smallest absolute Gasteiger partial charge is 0.166 e. The predicted octanol–water partition coefficient (Wildman–Crippen LogP) is 2.02. The third-order valence-corrected chi connectivity index (χ3v) is 3.51. The van der Waals surface area contributed by atoms with Crippen molar-refractivity contribution in [1.82, 2.24) is 0 Å². The summed E-state index contributed by atoms with van der Waals surface area (Å²) in [5, 5.41) is 50.7. The Hall–Kier alpha value is -3.09. The maximum absolute atomic E-state index is 9.84. The van der Waals surface area contributed by atoms with Crippen LogP contribution in [0.1, 0.15) is 17.2 Å². The third kappa shape index (κ3) is 2.22. The molecule has 0 aliphatic carbocycles. The van der Waals surface area contributed by atoms with Crippen LogP contribution in [-0.4, -0.2) is 31.3 Å². The number of hydrogen-bond acceptors (Lipinski definition) is 7. The number of aromatic hydroxyl groups is 4. The second kappa shape index (κ2) is 5.03. The molecule has 22 heavy (non-hydrogen) atoms. The lowest BCUT2D eigenvalue weighted by molar-refractivity contribution is 0.240. The molecule has 0 unspecified atom stereocenters. The summed E-state index contributed by atoms with van der Waals surface area (Å²) in [6, 6.07) is 6.61. The molecular weight excluding hydrogens is 290 g/mol. The summed E-state index contributed by atoms with van der Waals surface area (Å²) in [5.41, 5.74) is 1.07. The molecule has 0 saturated heterocycles. The fourth-order valence-electron chi connectivity index (χ4n) is 2.42. The van der Waals surface area contributed by atoms with E-state index in [1.807, 2.05) is 0 Å². The molecule has 0 saturated carbocycles. The van der Waals surface area contributed by atoms with E-state index in [0.717, 1.165) is 0 Å². The number of benzene rings is 2. The molecule has 0 amide bonds. The average molecular weight is 303 g/mol. The second-order valence-corrected chi connectivity index (χ2v) is 4.96. The lowest BCUT2D eigenvalue weighted by Gasteiger charge is -2.27. The molecule has 0 fully saturated rings. The van der Waals surface area contributed by atoms with Crippen LogP contribution in [0.4, 0.5) is 0 Å². The zero-order valence-corrected chi connectivity index (χ0v) is 11.3. The second-order valence-electron chi connectivity index (χ2n) is 4.96. The summed E-state index contributed by atoms with van der Waals surface area (Å²) < 4.78 is 5.67. The number of nitrogens with zero attached hydrogens (tertiary/aromatic N) is 1. The number of phenols is 4. The molecule has 7 nitrogen and oxygen atoms in total. The van der Waals surface area contributed by atoms with Crippen LogP contribution in [-0.2, 0) is 6.42 Å². The first-order valence-corrected chi connectivity index (χ1v) is 6.44. The van der Waals surface area contributed by atoms with Crippen LogP contribution in [0.3, 0.4) is 0 Å². The van der Waals surface area contributed by atoms with Crippen LogP contribution in [0, 0.1) is 0 Å². The van der Waals surface area contributed by atoms with Crippen molar-refractivity contribution in [2.45, 2.75) is 12.5 Å². The lowest BCUT2D eigenvalue weighted by atomic mass is 9.94. The number of ether oxygens (including phenoxy) is 1. The first kappa shape index (κ1) is 13.9. The highest BCUT2D eigenvalue weighted by atomic mass is 16.5. The van der Waals surface area contributed by atoms with Gasteiger partial charge in [0.25, 0.3) is 0 Å². The summed E-state index contributed by atoms with van der Waals surface area (Å²) in [4.78, 5) is 0. The molecule has 114 valence electrons. The minimum Gasteiger partial charge on any atom is -0.508 e. The van der Waals surface area contributed by atoms with Gasteiger partial charge < -0.3 is 30.4 Å². The summed E-state index contributed by atoms with van der Waals surface area (Å²) in [7, 11) is 0. The van der Waals surface area contributed by atoms with E-state index >= 15 is 0 Å². The Balaban J connectivity index is 2.07. The Morgan fingerprint density at radius 3 is 2.41 bits per heavy atom. The molecule has 1 aliphatic rings. The van der Waals surface area contributed by atoms with E-state index in [2.05, 4.69) is 5.16 Å². The van der Waals surface area contributed by atoms with Crippen molar-refractivity contribution >= 4 is 5.71 Å². The van der Waals surface area contributed by atoms with E-state index < -0.39 is 6.10 Å². The first-order valence-electron chi connectivity index (χ1n) is 6.44. The topological polar surface area (TPSA) is 123 Å². The first-order chi connectivity index (χ1) is 10.5. The quantitative estimate of drug-likeness (QED) is 0.312. The van der Waals surface area contributed by atoms with Gasteiger partial charge in [0.15, 0.2) is 17.6 Å². The largest absolute Gasteiger partial charge is 0.508 e. The van der Waals surface area contributed by atoms with Crippen LogP contribution in [0.2, 0.25) is 0 Å². The van der Waals surface area contributed by atoms with Crippen molar-refractivity contribution in [3.8, 4) is 28.7 Å². The van der Waals surface area contributed by atoms with Gasteiger partial charge in [0.1, 0.15) is 23.0 Å². The molecule has 0 radical (unpaired) electrons. The molecule has 0 spiro atoms. The van der Waals surface area contributed by atoms with Gasteiger partial charge in [0.05, 0.1) is 0 Å². The molecule has 0 aromatic heterocycles. The highest BCUT2D eigenvalue weighted by Crippen LogP contribution is 2.41. The molecule has 1 atom stereocenters. The SMILES string of the molecule is ON=C1Cc2c(O)cc(O)cc2O[C@@H]1c1ccc(O)c(O)c1. The normalized spacial score (nSPS) is 18.7. The van der Waals surface area contributed by atoms with Crippen LogP contribution in [0.5, 0.6) is 28.7 Å². The highest BCUT2D eigenvalue weighted by Gasteiger charge is 2.31. The molecule has 7 heteroatoms. The van der Waals surface area contributed by atoms with E-state index in [-0.39, 0.29) is 40.9 Å². The van der Waals surface area contributed by atoms with Gasteiger partial charge in [-0.05, 0) is 12.1 Å². The Bertz CT molecular complexity index is 771. The molecule has 1 heterocycles. The van der Waals surface area contributed by atoms with E-state index in [1.54, 1.807) is 0 Å². The summed E-state index contributed by atoms with van der Waals surface area (Å²) >= 11 is 0. The fourth-order valence-corrected chi connectivity index (χ4v) is 2.42. The van der Waals surface area contributed by atoms with Gasteiger partial charge in [-0.3, -0.25) is 0 Å². The van der Waals surface area contributed by atoms with E-state index in [4.69, 9.17) is 4.74 Å². The summed E-state index contributed by atoms with van der Waals surface area (Å²) in [6.45, 7) is 0. The number of hydrogen-bond donors (Lipinski definition) is 5.